The standard InChI is InChI=1S/C19H14Cl2N2O4/c1-26-16-4-2-3-11(18(16)24)10-22-23-19(25)17-8-7-15(27-17)13-6-5-12(20)9-14(13)21/h2-10,24H,1H3,(H,23,25)/b22-10+. The van der Waals surface area contributed by atoms with Crippen LogP contribution in [-0.4, -0.2) is 24.3 Å². The highest BCUT2D eigenvalue weighted by molar-refractivity contribution is 6.36. The minimum Gasteiger partial charge on any atom is -0.504 e. The number of rotatable bonds is 5. The second-order valence-corrected chi connectivity index (χ2v) is 6.23. The summed E-state index contributed by atoms with van der Waals surface area (Å²) in [7, 11) is 1.44. The molecule has 0 saturated heterocycles. The van der Waals surface area contributed by atoms with Crippen molar-refractivity contribution in [1.29, 1.82) is 0 Å². The number of phenolic OH excluding ortho intramolecular Hbond substituents is 1. The number of methoxy groups -OCH3 is 1. The summed E-state index contributed by atoms with van der Waals surface area (Å²) in [5, 5.41) is 14.7. The van der Waals surface area contributed by atoms with Gasteiger partial charge in [0, 0.05) is 16.1 Å². The van der Waals surface area contributed by atoms with Gasteiger partial charge in [0.05, 0.1) is 18.3 Å². The topological polar surface area (TPSA) is 84.1 Å². The molecule has 27 heavy (non-hydrogen) atoms. The van der Waals surface area contributed by atoms with Crippen molar-refractivity contribution in [1.82, 2.24) is 5.43 Å². The van der Waals surface area contributed by atoms with Crippen LogP contribution in [0.25, 0.3) is 11.3 Å². The van der Waals surface area contributed by atoms with Crippen molar-refractivity contribution in [3.63, 3.8) is 0 Å². The molecule has 8 heteroatoms. The lowest BCUT2D eigenvalue weighted by Crippen LogP contribution is -2.16. The van der Waals surface area contributed by atoms with E-state index in [0.29, 0.717) is 32.7 Å². The normalized spacial score (nSPS) is 10.9. The monoisotopic (exact) mass is 404 g/mol. The van der Waals surface area contributed by atoms with Gasteiger partial charge in [-0.05, 0) is 42.5 Å². The second kappa shape index (κ2) is 8.16. The number of halogens is 2. The number of para-hydroxylation sites is 1. The zero-order chi connectivity index (χ0) is 19.4. The molecular formula is C19H14Cl2N2O4. The minimum atomic E-state index is -0.551. The Bertz CT molecular complexity index is 1010. The Balaban J connectivity index is 1.71. The summed E-state index contributed by atoms with van der Waals surface area (Å²) in [4.78, 5) is 12.2. The van der Waals surface area contributed by atoms with Crippen molar-refractivity contribution in [2.24, 2.45) is 5.10 Å². The molecule has 1 heterocycles. The molecule has 0 radical (unpaired) electrons. The first kappa shape index (κ1) is 18.8. The van der Waals surface area contributed by atoms with Crippen molar-refractivity contribution in [2.45, 2.75) is 0 Å². The van der Waals surface area contributed by atoms with Gasteiger partial charge in [-0.3, -0.25) is 4.79 Å². The zero-order valence-electron chi connectivity index (χ0n) is 14.1. The average Bonchev–Trinajstić information content (AvgIpc) is 3.13. The van der Waals surface area contributed by atoms with Crippen molar-refractivity contribution < 1.29 is 19.1 Å². The Labute approximate surface area is 165 Å². The highest BCUT2D eigenvalue weighted by Crippen LogP contribution is 2.31. The quantitative estimate of drug-likeness (QED) is 0.475. The summed E-state index contributed by atoms with van der Waals surface area (Å²) in [6.45, 7) is 0. The van der Waals surface area contributed by atoms with Gasteiger partial charge in [0.2, 0.25) is 0 Å². The number of ether oxygens (including phenoxy) is 1. The van der Waals surface area contributed by atoms with Gasteiger partial charge in [-0.15, -0.1) is 0 Å². The summed E-state index contributed by atoms with van der Waals surface area (Å²) in [6, 6.07) is 13.0. The van der Waals surface area contributed by atoms with E-state index in [9.17, 15) is 9.90 Å². The van der Waals surface area contributed by atoms with Gasteiger partial charge in [0.1, 0.15) is 5.76 Å². The lowest BCUT2D eigenvalue weighted by molar-refractivity contribution is 0.0928. The molecule has 138 valence electrons. The van der Waals surface area contributed by atoms with E-state index in [2.05, 4.69) is 10.5 Å². The molecule has 3 rings (SSSR count). The summed E-state index contributed by atoms with van der Waals surface area (Å²) >= 11 is 12.0. The maximum atomic E-state index is 12.2. The number of carbonyl (C=O) groups is 1. The van der Waals surface area contributed by atoms with Gasteiger partial charge in [-0.1, -0.05) is 29.3 Å². The van der Waals surface area contributed by atoms with Gasteiger partial charge in [-0.25, -0.2) is 5.43 Å². The van der Waals surface area contributed by atoms with Crippen LogP contribution in [0, 0.1) is 0 Å². The zero-order valence-corrected chi connectivity index (χ0v) is 15.6. The van der Waals surface area contributed by atoms with E-state index >= 15 is 0 Å². The van der Waals surface area contributed by atoms with E-state index in [-0.39, 0.29) is 11.5 Å². The van der Waals surface area contributed by atoms with Gasteiger partial charge in [-0.2, -0.15) is 5.10 Å². The number of carbonyl (C=O) groups excluding carboxylic acids is 1. The first-order valence-corrected chi connectivity index (χ1v) is 8.50. The van der Waals surface area contributed by atoms with Crippen LogP contribution in [0.4, 0.5) is 0 Å². The Kier molecular flexibility index (Phi) is 5.69. The molecule has 0 fully saturated rings. The molecule has 2 aromatic carbocycles. The Morgan fingerprint density at radius 2 is 2.04 bits per heavy atom. The molecule has 0 aliphatic rings. The van der Waals surface area contributed by atoms with E-state index in [1.54, 1.807) is 42.5 Å². The van der Waals surface area contributed by atoms with E-state index in [0.717, 1.165) is 0 Å². The van der Waals surface area contributed by atoms with Crippen LogP contribution in [-0.2, 0) is 0 Å². The average molecular weight is 405 g/mol. The summed E-state index contributed by atoms with van der Waals surface area (Å²) in [5.41, 5.74) is 3.34. The minimum absolute atomic E-state index is 0.0584. The summed E-state index contributed by atoms with van der Waals surface area (Å²) in [5.74, 6) is 0.167. The molecule has 0 unspecified atom stereocenters. The van der Waals surface area contributed by atoms with Crippen molar-refractivity contribution in [3.8, 4) is 22.8 Å². The molecule has 0 saturated carbocycles. The summed E-state index contributed by atoms with van der Waals surface area (Å²) in [6.07, 6.45) is 1.30. The number of hydrazone groups is 1. The second-order valence-electron chi connectivity index (χ2n) is 5.39. The third-order valence-corrected chi connectivity index (χ3v) is 4.19. The first-order chi connectivity index (χ1) is 13.0. The SMILES string of the molecule is COc1cccc(/C=N/NC(=O)c2ccc(-c3ccc(Cl)cc3Cl)o2)c1O. The predicted octanol–water partition coefficient (Wildman–Crippen LogP) is 4.73. The van der Waals surface area contributed by atoms with Gasteiger partial charge < -0.3 is 14.3 Å². The van der Waals surface area contributed by atoms with Crippen LogP contribution >= 0.6 is 23.2 Å². The number of hydrogen-bond acceptors (Lipinski definition) is 5. The Morgan fingerprint density at radius 1 is 1.22 bits per heavy atom. The Hall–Kier alpha value is -2.96. The van der Waals surface area contributed by atoms with Crippen molar-refractivity contribution in [2.75, 3.05) is 7.11 Å². The Morgan fingerprint density at radius 3 is 2.78 bits per heavy atom. The number of furan rings is 1. The van der Waals surface area contributed by atoms with Crippen LogP contribution < -0.4 is 10.2 Å². The smallest absolute Gasteiger partial charge is 0.307 e. The lowest BCUT2D eigenvalue weighted by Gasteiger charge is -2.04. The van der Waals surface area contributed by atoms with E-state index in [1.807, 2.05) is 0 Å². The maximum absolute atomic E-state index is 12.2. The molecule has 0 aliphatic carbocycles. The first-order valence-electron chi connectivity index (χ1n) is 7.74. The lowest BCUT2D eigenvalue weighted by atomic mass is 10.2. The third kappa shape index (κ3) is 4.24. The number of amides is 1. The number of nitrogens with zero attached hydrogens (tertiary/aromatic N) is 1. The van der Waals surface area contributed by atoms with E-state index in [1.165, 1.54) is 19.4 Å². The number of benzene rings is 2. The van der Waals surface area contributed by atoms with E-state index < -0.39 is 5.91 Å². The van der Waals surface area contributed by atoms with E-state index in [4.69, 9.17) is 32.4 Å². The molecule has 2 N–H and O–H groups in total. The predicted molar refractivity (Wildman–Crippen MR) is 104 cm³/mol. The van der Waals surface area contributed by atoms with Crippen LogP contribution in [0.2, 0.25) is 10.0 Å². The fraction of sp³-hybridized carbons (Fsp3) is 0.0526. The maximum Gasteiger partial charge on any atom is 0.307 e. The largest absolute Gasteiger partial charge is 0.504 e. The number of phenols is 1. The molecule has 0 aliphatic heterocycles. The number of aromatic hydroxyl groups is 1. The van der Waals surface area contributed by atoms with Crippen LogP contribution in [0.5, 0.6) is 11.5 Å². The molecular weight excluding hydrogens is 391 g/mol. The van der Waals surface area contributed by atoms with Crippen LogP contribution in [0.1, 0.15) is 16.1 Å². The summed E-state index contributed by atoms with van der Waals surface area (Å²) < 4.78 is 10.5. The molecule has 0 atom stereocenters. The van der Waals surface area contributed by atoms with Crippen LogP contribution in [0.3, 0.4) is 0 Å². The fourth-order valence-electron chi connectivity index (χ4n) is 2.32. The van der Waals surface area contributed by atoms with Crippen molar-refractivity contribution in [3.05, 3.63) is 69.9 Å². The van der Waals surface area contributed by atoms with Crippen LogP contribution in [0.15, 0.2) is 58.0 Å². The van der Waals surface area contributed by atoms with Crippen molar-refractivity contribution >= 4 is 35.3 Å². The molecule has 6 nitrogen and oxygen atoms in total. The molecule has 0 bridgehead atoms. The highest BCUT2D eigenvalue weighted by atomic mass is 35.5. The number of nitrogens with one attached hydrogen (secondary N) is 1. The highest BCUT2D eigenvalue weighted by Gasteiger charge is 2.14. The van der Waals surface area contributed by atoms with Gasteiger partial charge in [0.15, 0.2) is 17.3 Å². The molecule has 1 aromatic heterocycles. The number of hydrogen-bond donors (Lipinski definition) is 2. The molecule has 3 aromatic rings. The molecule has 0 spiro atoms. The fourth-order valence-corrected chi connectivity index (χ4v) is 2.82. The van der Waals surface area contributed by atoms with Gasteiger partial charge in [0.25, 0.3) is 0 Å². The molecule has 1 amide bonds. The van der Waals surface area contributed by atoms with Gasteiger partial charge >= 0.3 is 5.91 Å². The third-order valence-electron chi connectivity index (χ3n) is 3.65.